The molecule has 1 aromatic carbocycles. The maximum Gasteiger partial charge on any atom is 0.311 e. The van der Waals surface area contributed by atoms with Gasteiger partial charge in [0, 0.05) is 24.7 Å². The molecule has 1 saturated heterocycles. The molecular formula is C16H16N2O4. The summed E-state index contributed by atoms with van der Waals surface area (Å²) in [4.78, 5) is 25.2. The molecule has 1 aliphatic rings. The zero-order valence-electron chi connectivity index (χ0n) is 12.2. The molecule has 2 aromatic rings. The smallest absolute Gasteiger partial charge is 0.311 e. The lowest BCUT2D eigenvalue weighted by atomic mass is 9.90. The number of carbonyl (C=O) groups excluding carboxylic acids is 1. The highest BCUT2D eigenvalue weighted by molar-refractivity contribution is 5.94. The molecule has 3 rings (SSSR count). The fourth-order valence-corrected chi connectivity index (χ4v) is 2.59. The van der Waals surface area contributed by atoms with Crippen molar-refractivity contribution >= 4 is 11.9 Å². The fraction of sp³-hybridized carbons (Fsp3) is 0.312. The number of rotatable bonds is 3. The maximum absolute atomic E-state index is 12.4. The molecule has 6 nitrogen and oxygen atoms in total. The highest BCUT2D eigenvalue weighted by atomic mass is 16.5. The third-order valence-electron chi connectivity index (χ3n) is 4.06. The second kappa shape index (κ2) is 5.29. The first kappa shape index (κ1) is 14.3. The van der Waals surface area contributed by atoms with E-state index in [1.54, 1.807) is 13.0 Å². The van der Waals surface area contributed by atoms with Crippen LogP contribution in [0.2, 0.25) is 0 Å². The summed E-state index contributed by atoms with van der Waals surface area (Å²) in [5, 5.41) is 13.0. The van der Waals surface area contributed by atoms with Crippen molar-refractivity contribution in [2.24, 2.45) is 5.41 Å². The van der Waals surface area contributed by atoms with Crippen LogP contribution >= 0.6 is 0 Å². The molecule has 0 unspecified atom stereocenters. The first-order chi connectivity index (χ1) is 10.5. The van der Waals surface area contributed by atoms with Crippen LogP contribution in [0, 0.1) is 5.41 Å². The van der Waals surface area contributed by atoms with E-state index in [-0.39, 0.29) is 18.1 Å². The monoisotopic (exact) mass is 300 g/mol. The number of benzene rings is 1. The Labute approximate surface area is 127 Å². The molecule has 6 heteroatoms. The zero-order chi connectivity index (χ0) is 15.7. The molecule has 1 amide bonds. The number of hydrogen-bond donors (Lipinski definition) is 1. The number of hydrogen-bond acceptors (Lipinski definition) is 4. The number of likely N-dealkylation sites (tertiary alicyclic amines) is 1. The molecule has 0 bridgehead atoms. The summed E-state index contributed by atoms with van der Waals surface area (Å²) < 4.78 is 5.22. The van der Waals surface area contributed by atoms with Crippen LogP contribution < -0.4 is 0 Å². The third-order valence-corrected chi connectivity index (χ3v) is 4.06. The van der Waals surface area contributed by atoms with Crippen molar-refractivity contribution in [2.75, 3.05) is 13.1 Å². The minimum Gasteiger partial charge on any atom is -0.481 e. The zero-order valence-corrected chi connectivity index (χ0v) is 12.2. The Hall–Kier alpha value is -2.63. The summed E-state index contributed by atoms with van der Waals surface area (Å²) >= 11 is 0. The summed E-state index contributed by atoms with van der Waals surface area (Å²) in [5.41, 5.74) is 0.154. The van der Waals surface area contributed by atoms with Crippen LogP contribution in [0.3, 0.4) is 0 Å². The van der Waals surface area contributed by atoms with E-state index >= 15 is 0 Å². The standard InChI is InChI=1S/C16H16N2O4/c1-16(15(20)21)7-8-18(10-16)14(19)12-9-13(22-17-12)11-5-3-2-4-6-11/h2-6,9H,7-8,10H2,1H3,(H,20,21)/t16-/m1/s1. The molecule has 1 atom stereocenters. The van der Waals surface area contributed by atoms with Gasteiger partial charge in [0.1, 0.15) is 0 Å². The summed E-state index contributed by atoms with van der Waals surface area (Å²) in [6, 6.07) is 11.0. The summed E-state index contributed by atoms with van der Waals surface area (Å²) in [6.07, 6.45) is 0.442. The lowest BCUT2D eigenvalue weighted by molar-refractivity contribution is -0.147. The van der Waals surface area contributed by atoms with Gasteiger partial charge < -0.3 is 14.5 Å². The normalized spacial score (nSPS) is 21.0. The quantitative estimate of drug-likeness (QED) is 0.940. The molecule has 114 valence electrons. The first-order valence-corrected chi connectivity index (χ1v) is 7.04. The molecular weight excluding hydrogens is 284 g/mol. The van der Waals surface area contributed by atoms with Gasteiger partial charge >= 0.3 is 5.97 Å². The number of aromatic nitrogens is 1. The van der Waals surface area contributed by atoms with Crippen molar-refractivity contribution in [2.45, 2.75) is 13.3 Å². The van der Waals surface area contributed by atoms with E-state index in [9.17, 15) is 14.7 Å². The van der Waals surface area contributed by atoms with Gasteiger partial charge in [-0.05, 0) is 13.3 Å². The van der Waals surface area contributed by atoms with Crippen LogP contribution in [0.15, 0.2) is 40.9 Å². The molecule has 1 aliphatic heterocycles. The van der Waals surface area contributed by atoms with Gasteiger partial charge in [-0.15, -0.1) is 0 Å². The highest BCUT2D eigenvalue weighted by Gasteiger charge is 2.42. The summed E-state index contributed by atoms with van der Waals surface area (Å²) in [6.45, 7) is 2.25. The van der Waals surface area contributed by atoms with Gasteiger partial charge in [0.2, 0.25) is 0 Å². The van der Waals surface area contributed by atoms with Gasteiger partial charge in [-0.25, -0.2) is 0 Å². The van der Waals surface area contributed by atoms with Crippen molar-refractivity contribution in [1.29, 1.82) is 0 Å². The van der Waals surface area contributed by atoms with Gasteiger partial charge in [0.05, 0.1) is 5.41 Å². The lowest BCUT2D eigenvalue weighted by Crippen LogP contribution is -2.35. The number of carboxylic acid groups (broad SMARTS) is 1. The number of amides is 1. The van der Waals surface area contributed by atoms with Crippen molar-refractivity contribution in [3.63, 3.8) is 0 Å². The summed E-state index contributed by atoms with van der Waals surface area (Å²) in [5.74, 6) is -0.659. The molecule has 2 heterocycles. The number of nitrogens with zero attached hydrogens (tertiary/aromatic N) is 2. The van der Waals surface area contributed by atoms with E-state index in [0.717, 1.165) is 5.56 Å². The topological polar surface area (TPSA) is 83.6 Å². The van der Waals surface area contributed by atoms with E-state index in [4.69, 9.17) is 4.52 Å². The Morgan fingerprint density at radius 1 is 1.32 bits per heavy atom. The second-order valence-corrected chi connectivity index (χ2v) is 5.78. The molecule has 0 radical (unpaired) electrons. The van der Waals surface area contributed by atoms with Gasteiger partial charge in [0.25, 0.3) is 5.91 Å². The van der Waals surface area contributed by atoms with Gasteiger partial charge in [-0.1, -0.05) is 35.5 Å². The minimum atomic E-state index is -0.887. The predicted octanol–water partition coefficient (Wildman–Crippen LogP) is 2.28. The van der Waals surface area contributed by atoms with Crippen molar-refractivity contribution in [1.82, 2.24) is 10.1 Å². The number of aliphatic carboxylic acids is 1. The van der Waals surface area contributed by atoms with Crippen LogP contribution in [-0.2, 0) is 4.79 Å². The van der Waals surface area contributed by atoms with Crippen molar-refractivity contribution in [3.05, 3.63) is 42.1 Å². The van der Waals surface area contributed by atoms with Crippen LogP contribution in [-0.4, -0.2) is 40.1 Å². The lowest BCUT2D eigenvalue weighted by Gasteiger charge is -2.19. The van der Waals surface area contributed by atoms with E-state index in [0.29, 0.717) is 18.7 Å². The molecule has 0 saturated carbocycles. The van der Waals surface area contributed by atoms with E-state index < -0.39 is 11.4 Å². The molecule has 0 aliphatic carbocycles. The van der Waals surface area contributed by atoms with Crippen LogP contribution in [0.4, 0.5) is 0 Å². The Morgan fingerprint density at radius 2 is 2.05 bits per heavy atom. The van der Waals surface area contributed by atoms with E-state index in [1.165, 1.54) is 4.90 Å². The summed E-state index contributed by atoms with van der Waals surface area (Å²) in [7, 11) is 0. The molecule has 0 spiro atoms. The van der Waals surface area contributed by atoms with Crippen LogP contribution in [0.1, 0.15) is 23.8 Å². The predicted molar refractivity (Wildman–Crippen MR) is 78.2 cm³/mol. The van der Waals surface area contributed by atoms with E-state index in [2.05, 4.69) is 5.16 Å². The number of carbonyl (C=O) groups is 2. The van der Waals surface area contributed by atoms with Gasteiger partial charge in [-0.3, -0.25) is 9.59 Å². The van der Waals surface area contributed by atoms with Crippen LogP contribution in [0.25, 0.3) is 11.3 Å². The molecule has 22 heavy (non-hydrogen) atoms. The molecule has 1 aromatic heterocycles. The van der Waals surface area contributed by atoms with Crippen LogP contribution in [0.5, 0.6) is 0 Å². The average molecular weight is 300 g/mol. The first-order valence-electron chi connectivity index (χ1n) is 7.04. The van der Waals surface area contributed by atoms with Crippen molar-refractivity contribution in [3.8, 4) is 11.3 Å². The van der Waals surface area contributed by atoms with Gasteiger partial charge in [-0.2, -0.15) is 0 Å². The maximum atomic E-state index is 12.4. The SMILES string of the molecule is C[C@@]1(C(=O)O)CCN(C(=O)c2cc(-c3ccccc3)on2)C1. The Morgan fingerprint density at radius 3 is 2.68 bits per heavy atom. The van der Waals surface area contributed by atoms with Gasteiger partial charge in [0.15, 0.2) is 11.5 Å². The largest absolute Gasteiger partial charge is 0.481 e. The minimum absolute atomic E-state index is 0.189. The number of carboxylic acids is 1. The Bertz CT molecular complexity index is 710. The fourth-order valence-electron chi connectivity index (χ4n) is 2.59. The Balaban J connectivity index is 1.77. The molecule has 1 N–H and O–H groups in total. The molecule has 1 fully saturated rings. The second-order valence-electron chi connectivity index (χ2n) is 5.78. The third kappa shape index (κ3) is 2.47. The van der Waals surface area contributed by atoms with E-state index in [1.807, 2.05) is 30.3 Å². The average Bonchev–Trinajstić information content (AvgIpc) is 3.15. The Kier molecular flexibility index (Phi) is 3.44. The van der Waals surface area contributed by atoms with Crippen molar-refractivity contribution < 1.29 is 19.2 Å². The highest BCUT2D eigenvalue weighted by Crippen LogP contribution is 2.31.